The highest BCUT2D eigenvalue weighted by Crippen LogP contribution is 2.16. The van der Waals surface area contributed by atoms with Crippen LogP contribution in [0.1, 0.15) is 18.0 Å². The standard InChI is InChI=1S/C11H16ClNO2/c12-6-1-7-15-10-4-2-9(3-5-10)11(13)8-14/h2-5,11,14H,1,6-8,13H2/t11-/m0/s1. The SMILES string of the molecule is N[C@@H](CO)c1ccc(OCCCCl)cc1. The lowest BCUT2D eigenvalue weighted by Gasteiger charge is -2.09. The number of nitrogens with two attached hydrogens (primary N) is 1. The first-order valence-electron chi connectivity index (χ1n) is 4.93. The number of hydrogen-bond acceptors (Lipinski definition) is 3. The maximum Gasteiger partial charge on any atom is 0.119 e. The van der Waals surface area contributed by atoms with E-state index in [1.165, 1.54) is 0 Å². The molecule has 0 amide bonds. The number of aliphatic hydroxyl groups excluding tert-OH is 1. The van der Waals surface area contributed by atoms with E-state index in [0.29, 0.717) is 12.5 Å². The average molecular weight is 230 g/mol. The second-order valence-corrected chi connectivity index (χ2v) is 3.63. The van der Waals surface area contributed by atoms with Crippen LogP contribution in [-0.4, -0.2) is 24.2 Å². The van der Waals surface area contributed by atoms with E-state index in [0.717, 1.165) is 17.7 Å². The Bertz CT molecular complexity index is 276. The van der Waals surface area contributed by atoms with Crippen LogP contribution < -0.4 is 10.5 Å². The third kappa shape index (κ3) is 4.08. The van der Waals surface area contributed by atoms with E-state index in [1.54, 1.807) is 0 Å². The van der Waals surface area contributed by atoms with Gasteiger partial charge in [-0.15, -0.1) is 11.6 Å². The molecule has 0 saturated carbocycles. The van der Waals surface area contributed by atoms with Gasteiger partial charge in [0.05, 0.1) is 19.3 Å². The molecular weight excluding hydrogens is 214 g/mol. The van der Waals surface area contributed by atoms with Gasteiger partial charge in [-0.1, -0.05) is 12.1 Å². The van der Waals surface area contributed by atoms with Gasteiger partial charge >= 0.3 is 0 Å². The molecule has 15 heavy (non-hydrogen) atoms. The Morgan fingerprint density at radius 1 is 1.33 bits per heavy atom. The lowest BCUT2D eigenvalue weighted by atomic mass is 10.1. The second kappa shape index (κ2) is 6.67. The number of ether oxygens (including phenoxy) is 1. The Labute approximate surface area is 94.8 Å². The molecule has 3 nitrogen and oxygen atoms in total. The monoisotopic (exact) mass is 229 g/mol. The maximum atomic E-state index is 8.86. The summed E-state index contributed by atoms with van der Waals surface area (Å²) in [5.74, 6) is 1.40. The summed E-state index contributed by atoms with van der Waals surface area (Å²) in [5, 5.41) is 8.86. The van der Waals surface area contributed by atoms with Gasteiger partial charge in [0, 0.05) is 5.88 Å². The van der Waals surface area contributed by atoms with Crippen LogP contribution >= 0.6 is 11.6 Å². The van der Waals surface area contributed by atoms with Crippen molar-refractivity contribution in [2.24, 2.45) is 5.73 Å². The summed E-state index contributed by atoms with van der Waals surface area (Å²) in [4.78, 5) is 0. The summed E-state index contributed by atoms with van der Waals surface area (Å²) < 4.78 is 5.43. The molecule has 0 fully saturated rings. The molecule has 0 spiro atoms. The van der Waals surface area contributed by atoms with Gasteiger partial charge in [0.2, 0.25) is 0 Å². The van der Waals surface area contributed by atoms with Crippen molar-refractivity contribution in [1.29, 1.82) is 0 Å². The molecule has 84 valence electrons. The molecule has 1 aromatic rings. The molecule has 0 radical (unpaired) electrons. The quantitative estimate of drug-likeness (QED) is 0.577. The molecular formula is C11H16ClNO2. The third-order valence-electron chi connectivity index (χ3n) is 2.05. The van der Waals surface area contributed by atoms with Crippen molar-refractivity contribution < 1.29 is 9.84 Å². The molecule has 0 aromatic heterocycles. The van der Waals surface area contributed by atoms with E-state index < -0.39 is 0 Å². The zero-order valence-electron chi connectivity index (χ0n) is 8.53. The molecule has 1 atom stereocenters. The Kier molecular flexibility index (Phi) is 5.47. The van der Waals surface area contributed by atoms with Crippen molar-refractivity contribution in [2.75, 3.05) is 19.1 Å². The highest BCUT2D eigenvalue weighted by molar-refractivity contribution is 6.17. The van der Waals surface area contributed by atoms with Gasteiger partial charge in [0.15, 0.2) is 0 Å². The zero-order chi connectivity index (χ0) is 11.1. The summed E-state index contributed by atoms with van der Waals surface area (Å²) in [5.41, 5.74) is 6.56. The maximum absolute atomic E-state index is 8.86. The summed E-state index contributed by atoms with van der Waals surface area (Å²) >= 11 is 5.53. The number of alkyl halides is 1. The molecule has 0 heterocycles. The number of hydrogen-bond donors (Lipinski definition) is 2. The predicted molar refractivity (Wildman–Crippen MR) is 61.3 cm³/mol. The average Bonchev–Trinajstić information content (AvgIpc) is 2.29. The molecule has 0 aliphatic carbocycles. The summed E-state index contributed by atoms with van der Waals surface area (Å²) in [7, 11) is 0. The summed E-state index contributed by atoms with van der Waals surface area (Å²) in [6.45, 7) is 0.571. The number of benzene rings is 1. The first-order valence-corrected chi connectivity index (χ1v) is 5.46. The van der Waals surface area contributed by atoms with Crippen molar-refractivity contribution in [2.45, 2.75) is 12.5 Å². The lowest BCUT2D eigenvalue weighted by molar-refractivity contribution is 0.267. The first kappa shape index (κ1) is 12.3. The van der Waals surface area contributed by atoms with Gasteiger partial charge in [-0.2, -0.15) is 0 Å². The van der Waals surface area contributed by atoms with Crippen LogP contribution in [0.2, 0.25) is 0 Å². The number of rotatable bonds is 6. The minimum atomic E-state index is -0.318. The van der Waals surface area contributed by atoms with Gasteiger partial charge < -0.3 is 15.6 Å². The van der Waals surface area contributed by atoms with Crippen LogP contribution in [0.5, 0.6) is 5.75 Å². The fourth-order valence-corrected chi connectivity index (χ4v) is 1.27. The van der Waals surface area contributed by atoms with Gasteiger partial charge in [0.25, 0.3) is 0 Å². The molecule has 1 aromatic carbocycles. The lowest BCUT2D eigenvalue weighted by Crippen LogP contribution is -2.14. The van der Waals surface area contributed by atoms with Crippen LogP contribution in [0.15, 0.2) is 24.3 Å². The Balaban J connectivity index is 2.49. The van der Waals surface area contributed by atoms with E-state index >= 15 is 0 Å². The number of aliphatic hydroxyl groups is 1. The van der Waals surface area contributed by atoms with E-state index in [2.05, 4.69) is 0 Å². The fraction of sp³-hybridized carbons (Fsp3) is 0.455. The van der Waals surface area contributed by atoms with E-state index in [9.17, 15) is 0 Å². The van der Waals surface area contributed by atoms with Gasteiger partial charge in [-0.25, -0.2) is 0 Å². The molecule has 1 rings (SSSR count). The van der Waals surface area contributed by atoms with Crippen LogP contribution in [0, 0.1) is 0 Å². The van der Waals surface area contributed by atoms with Crippen LogP contribution in [0.25, 0.3) is 0 Å². The third-order valence-corrected chi connectivity index (χ3v) is 2.32. The van der Waals surface area contributed by atoms with Crippen LogP contribution in [-0.2, 0) is 0 Å². The highest BCUT2D eigenvalue weighted by atomic mass is 35.5. The topological polar surface area (TPSA) is 55.5 Å². The largest absolute Gasteiger partial charge is 0.494 e. The molecule has 0 saturated heterocycles. The second-order valence-electron chi connectivity index (χ2n) is 3.25. The van der Waals surface area contributed by atoms with Crippen molar-refractivity contribution in [1.82, 2.24) is 0 Å². The molecule has 0 bridgehead atoms. The summed E-state index contributed by atoms with van der Waals surface area (Å²) in [6, 6.07) is 7.09. The number of halogens is 1. The van der Waals surface area contributed by atoms with Crippen LogP contribution in [0.4, 0.5) is 0 Å². The van der Waals surface area contributed by atoms with Crippen molar-refractivity contribution >= 4 is 11.6 Å². The smallest absolute Gasteiger partial charge is 0.119 e. The Morgan fingerprint density at radius 2 is 2.00 bits per heavy atom. The molecule has 0 unspecified atom stereocenters. The molecule has 4 heteroatoms. The van der Waals surface area contributed by atoms with E-state index in [4.69, 9.17) is 27.2 Å². The molecule has 0 aliphatic rings. The summed E-state index contributed by atoms with van der Waals surface area (Å²) in [6.07, 6.45) is 0.833. The highest BCUT2D eigenvalue weighted by Gasteiger charge is 2.03. The Hall–Kier alpha value is -0.770. The van der Waals surface area contributed by atoms with Crippen molar-refractivity contribution in [3.8, 4) is 5.75 Å². The predicted octanol–water partition coefficient (Wildman–Crippen LogP) is 1.69. The van der Waals surface area contributed by atoms with E-state index in [-0.39, 0.29) is 12.6 Å². The van der Waals surface area contributed by atoms with Crippen LogP contribution in [0.3, 0.4) is 0 Å². The van der Waals surface area contributed by atoms with Gasteiger partial charge in [0.1, 0.15) is 5.75 Å². The van der Waals surface area contributed by atoms with Crippen molar-refractivity contribution in [3.63, 3.8) is 0 Å². The first-order chi connectivity index (χ1) is 7.27. The van der Waals surface area contributed by atoms with Crippen molar-refractivity contribution in [3.05, 3.63) is 29.8 Å². The zero-order valence-corrected chi connectivity index (χ0v) is 9.28. The normalized spacial score (nSPS) is 12.5. The van der Waals surface area contributed by atoms with Gasteiger partial charge in [-0.05, 0) is 24.1 Å². The minimum Gasteiger partial charge on any atom is -0.494 e. The fourth-order valence-electron chi connectivity index (χ4n) is 1.16. The van der Waals surface area contributed by atoms with E-state index in [1.807, 2.05) is 24.3 Å². The Morgan fingerprint density at radius 3 is 2.53 bits per heavy atom. The molecule has 0 aliphatic heterocycles. The van der Waals surface area contributed by atoms with Gasteiger partial charge in [-0.3, -0.25) is 0 Å². The minimum absolute atomic E-state index is 0.0492. The molecule has 3 N–H and O–H groups in total.